The van der Waals surface area contributed by atoms with Gasteiger partial charge in [-0.05, 0) is 61.4 Å². The van der Waals surface area contributed by atoms with Gasteiger partial charge in [0, 0.05) is 25.2 Å². The molecule has 0 bridgehead atoms. The van der Waals surface area contributed by atoms with Gasteiger partial charge >= 0.3 is 6.18 Å². The summed E-state index contributed by atoms with van der Waals surface area (Å²) in [7, 11) is 0. The van der Waals surface area contributed by atoms with Crippen LogP contribution in [-0.2, 0) is 11.0 Å². The van der Waals surface area contributed by atoms with Crippen molar-refractivity contribution >= 4 is 28.7 Å². The van der Waals surface area contributed by atoms with Crippen LogP contribution in [0.5, 0.6) is 0 Å². The molecule has 2 unspecified atom stereocenters. The molecular formula is C36H49F3N6O. The molecular weight excluding hydrogens is 589 g/mol. The van der Waals surface area contributed by atoms with E-state index in [1.165, 1.54) is 0 Å². The molecule has 7 nitrogen and oxygen atoms in total. The molecule has 10 heteroatoms. The maximum absolute atomic E-state index is 13.4. The lowest BCUT2D eigenvalue weighted by atomic mass is 9.95. The van der Waals surface area contributed by atoms with Crippen LogP contribution in [0.3, 0.4) is 0 Å². The van der Waals surface area contributed by atoms with E-state index in [4.69, 9.17) is 0 Å². The highest BCUT2D eigenvalue weighted by Crippen LogP contribution is 2.37. The normalized spacial score (nSPS) is 12.8. The number of nitriles is 2. The zero-order valence-electron chi connectivity index (χ0n) is 28.0. The minimum atomic E-state index is -4.73. The highest BCUT2D eigenvalue weighted by Gasteiger charge is 2.32. The topological polar surface area (TPSA) is 105 Å². The largest absolute Gasteiger partial charge is 0.416 e. The van der Waals surface area contributed by atoms with Gasteiger partial charge in [0.15, 0.2) is 0 Å². The first kappa shape index (κ1) is 38.3. The molecule has 0 fully saturated rings. The molecule has 1 amide bonds. The number of carbonyl (C=O) groups excluding carboxylic acids is 1. The van der Waals surface area contributed by atoms with Crippen LogP contribution in [0.25, 0.3) is 0 Å². The molecule has 2 aromatic carbocycles. The monoisotopic (exact) mass is 638 g/mol. The fourth-order valence-corrected chi connectivity index (χ4v) is 5.38. The summed E-state index contributed by atoms with van der Waals surface area (Å²) >= 11 is 0. The molecule has 0 saturated carbocycles. The smallest absolute Gasteiger partial charge is 0.371 e. The Morgan fingerprint density at radius 2 is 1.39 bits per heavy atom. The number of nitrogens with one attached hydrogen (secondary N) is 1. The molecule has 46 heavy (non-hydrogen) atoms. The van der Waals surface area contributed by atoms with Gasteiger partial charge in [-0.2, -0.15) is 23.7 Å². The number of rotatable bonds is 19. The van der Waals surface area contributed by atoms with E-state index in [2.05, 4.69) is 48.1 Å². The van der Waals surface area contributed by atoms with Gasteiger partial charge in [-0.3, -0.25) is 4.79 Å². The van der Waals surface area contributed by atoms with E-state index >= 15 is 0 Å². The number of azo groups is 1. The first-order valence-electron chi connectivity index (χ1n) is 16.7. The zero-order valence-corrected chi connectivity index (χ0v) is 28.0. The van der Waals surface area contributed by atoms with Crippen molar-refractivity contribution < 1.29 is 18.0 Å². The minimum absolute atomic E-state index is 0.185. The summed E-state index contributed by atoms with van der Waals surface area (Å²) in [5, 5.41) is 30.5. The van der Waals surface area contributed by atoms with Crippen molar-refractivity contribution in [2.45, 2.75) is 111 Å². The van der Waals surface area contributed by atoms with Gasteiger partial charge in [0.25, 0.3) is 0 Å². The lowest BCUT2D eigenvalue weighted by Crippen LogP contribution is -2.34. The summed E-state index contributed by atoms with van der Waals surface area (Å²) in [5.41, 5.74) is -0.558. The Morgan fingerprint density at radius 3 is 1.85 bits per heavy atom. The molecule has 0 aliphatic rings. The van der Waals surface area contributed by atoms with Crippen molar-refractivity contribution in [3.05, 3.63) is 47.0 Å². The molecule has 2 atom stereocenters. The van der Waals surface area contributed by atoms with Gasteiger partial charge in [-0.25, -0.2) is 0 Å². The zero-order chi connectivity index (χ0) is 34.1. The van der Waals surface area contributed by atoms with E-state index in [9.17, 15) is 28.5 Å². The quantitative estimate of drug-likeness (QED) is 0.155. The number of unbranched alkanes of at least 4 members (excludes halogenated alkanes) is 3. The number of halogens is 3. The van der Waals surface area contributed by atoms with Crippen molar-refractivity contribution in [3.63, 3.8) is 0 Å². The standard InChI is InChI=1S/C36H49F3N6O/c1-6-11-14-26(9-4)24-45(25-27(10-5)15-12-7-2)31-17-18-32(33(21-31)42-34(46)16-13-8-3)43-44-35-28(22-40)19-30(36(37,38)39)20-29(35)23-41/h17-21,26-27H,6-16,24-25H2,1-5H3,(H,42,46). The maximum Gasteiger partial charge on any atom is 0.416 e. The highest BCUT2D eigenvalue weighted by atomic mass is 19.4. The Labute approximate surface area is 272 Å². The number of carbonyl (C=O) groups is 1. The SMILES string of the molecule is CCCCC(=O)Nc1cc(N(CC(CC)CCCC)CC(CC)CCCC)ccc1N=Nc1c(C#N)cc(C(F)(F)F)cc1C#N. The predicted molar refractivity (Wildman–Crippen MR) is 178 cm³/mol. The Kier molecular flexibility index (Phi) is 16.3. The molecule has 0 heterocycles. The van der Waals surface area contributed by atoms with Crippen molar-refractivity contribution in [3.8, 4) is 12.1 Å². The van der Waals surface area contributed by atoms with E-state index in [1.807, 2.05) is 19.1 Å². The summed E-state index contributed by atoms with van der Waals surface area (Å²) in [5.74, 6) is 0.842. The number of hydrogen-bond acceptors (Lipinski definition) is 6. The van der Waals surface area contributed by atoms with E-state index in [0.717, 1.165) is 76.6 Å². The maximum atomic E-state index is 13.4. The van der Waals surface area contributed by atoms with Gasteiger partial charge in [0.1, 0.15) is 23.5 Å². The molecule has 2 aromatic rings. The average molecular weight is 639 g/mol. The van der Waals surface area contributed by atoms with Crippen LogP contribution in [0.1, 0.15) is 122 Å². The molecule has 0 aliphatic carbocycles. The molecule has 250 valence electrons. The molecule has 1 N–H and O–H groups in total. The van der Waals surface area contributed by atoms with Crippen LogP contribution in [0.15, 0.2) is 40.6 Å². The second-order valence-electron chi connectivity index (χ2n) is 11.9. The second kappa shape index (κ2) is 19.6. The van der Waals surface area contributed by atoms with Crippen molar-refractivity contribution in [1.29, 1.82) is 10.5 Å². The number of hydrogen-bond donors (Lipinski definition) is 1. The van der Waals surface area contributed by atoms with Crippen molar-refractivity contribution in [2.24, 2.45) is 22.1 Å². The number of benzene rings is 2. The van der Waals surface area contributed by atoms with Crippen LogP contribution < -0.4 is 10.2 Å². The summed E-state index contributed by atoms with van der Waals surface area (Å²) in [6.45, 7) is 12.6. The fraction of sp³-hybridized carbons (Fsp3) is 0.583. The van der Waals surface area contributed by atoms with Gasteiger partial charge < -0.3 is 10.2 Å². The van der Waals surface area contributed by atoms with Crippen LogP contribution in [0.4, 0.5) is 35.9 Å². The summed E-state index contributed by atoms with van der Waals surface area (Å²) in [4.78, 5) is 15.3. The molecule has 0 radical (unpaired) electrons. The Bertz CT molecular complexity index is 1320. The Balaban J connectivity index is 2.63. The first-order valence-corrected chi connectivity index (χ1v) is 16.7. The molecule has 0 aliphatic heterocycles. The van der Waals surface area contributed by atoms with Gasteiger partial charge in [0.05, 0.1) is 22.4 Å². The minimum Gasteiger partial charge on any atom is -0.371 e. The van der Waals surface area contributed by atoms with Crippen LogP contribution in [0.2, 0.25) is 0 Å². The van der Waals surface area contributed by atoms with Crippen LogP contribution >= 0.6 is 0 Å². The number of alkyl halides is 3. The lowest BCUT2D eigenvalue weighted by Gasteiger charge is -2.33. The van der Waals surface area contributed by atoms with Crippen LogP contribution in [-0.4, -0.2) is 19.0 Å². The Hall–Kier alpha value is -3.92. The third-order valence-electron chi connectivity index (χ3n) is 8.36. The average Bonchev–Trinajstić information content (AvgIpc) is 3.05. The summed E-state index contributed by atoms with van der Waals surface area (Å²) in [6.07, 6.45) is 6.14. The molecule has 2 rings (SSSR count). The Morgan fingerprint density at radius 1 is 0.848 bits per heavy atom. The van der Waals surface area contributed by atoms with Crippen LogP contribution in [0, 0.1) is 34.5 Å². The predicted octanol–water partition coefficient (Wildman–Crippen LogP) is 11.2. The molecule has 0 saturated heterocycles. The first-order chi connectivity index (χ1) is 22.0. The van der Waals surface area contributed by atoms with Gasteiger partial charge in [0.2, 0.25) is 5.91 Å². The van der Waals surface area contributed by atoms with E-state index in [1.54, 1.807) is 18.2 Å². The lowest BCUT2D eigenvalue weighted by molar-refractivity contribution is -0.137. The third kappa shape index (κ3) is 11.8. The van der Waals surface area contributed by atoms with E-state index in [0.29, 0.717) is 42.5 Å². The summed E-state index contributed by atoms with van der Waals surface area (Å²) in [6, 6.07) is 10.3. The van der Waals surface area contributed by atoms with E-state index < -0.39 is 22.9 Å². The number of anilines is 2. The molecule has 0 aromatic heterocycles. The van der Waals surface area contributed by atoms with Crippen molar-refractivity contribution in [1.82, 2.24) is 0 Å². The molecule has 0 spiro atoms. The van der Waals surface area contributed by atoms with Gasteiger partial charge in [-0.1, -0.05) is 79.6 Å². The highest BCUT2D eigenvalue weighted by molar-refractivity contribution is 5.94. The summed E-state index contributed by atoms with van der Waals surface area (Å²) < 4.78 is 40.1. The number of nitrogens with zero attached hydrogens (tertiary/aromatic N) is 5. The second-order valence-corrected chi connectivity index (χ2v) is 11.9. The fourth-order valence-electron chi connectivity index (χ4n) is 5.38. The third-order valence-corrected chi connectivity index (χ3v) is 8.36. The van der Waals surface area contributed by atoms with Gasteiger partial charge in [-0.15, -0.1) is 10.2 Å². The van der Waals surface area contributed by atoms with E-state index in [-0.39, 0.29) is 17.3 Å². The van der Waals surface area contributed by atoms with Crippen molar-refractivity contribution in [2.75, 3.05) is 23.3 Å². The number of amides is 1.